The molecule has 0 radical (unpaired) electrons. The van der Waals surface area contributed by atoms with Crippen LogP contribution in [-0.2, 0) is 21.0 Å². The van der Waals surface area contributed by atoms with Crippen molar-refractivity contribution in [3.8, 4) is 0 Å². The molecule has 2 aliphatic rings. The van der Waals surface area contributed by atoms with Gasteiger partial charge < -0.3 is 20.5 Å². The second kappa shape index (κ2) is 11.4. The van der Waals surface area contributed by atoms with E-state index in [1.54, 1.807) is 0 Å². The van der Waals surface area contributed by atoms with E-state index >= 15 is 0 Å². The lowest BCUT2D eigenvalue weighted by Gasteiger charge is -2.34. The Kier molecular flexibility index (Phi) is 8.15. The van der Waals surface area contributed by atoms with Crippen LogP contribution in [0.2, 0.25) is 5.02 Å². The average Bonchev–Trinajstić information content (AvgIpc) is 3.49. The Morgan fingerprint density at radius 3 is 2.48 bits per heavy atom. The van der Waals surface area contributed by atoms with Crippen LogP contribution in [0, 0.1) is 11.6 Å². The Balaban J connectivity index is 1.69. The third-order valence-electron chi connectivity index (χ3n) is 7.12. The summed E-state index contributed by atoms with van der Waals surface area (Å²) in [4.78, 5) is 43.9. The summed E-state index contributed by atoms with van der Waals surface area (Å²) in [5.74, 6) is -6.20. The van der Waals surface area contributed by atoms with Crippen LogP contribution in [0.15, 0.2) is 36.4 Å². The molecule has 5 rings (SSSR count). The van der Waals surface area contributed by atoms with Gasteiger partial charge in [0.05, 0.1) is 23.1 Å². The molecule has 2 unspecified atom stereocenters. The van der Waals surface area contributed by atoms with E-state index in [4.69, 9.17) is 11.6 Å². The number of halogens is 6. The van der Waals surface area contributed by atoms with Crippen molar-refractivity contribution in [2.45, 2.75) is 24.7 Å². The predicted octanol–water partition coefficient (Wildman–Crippen LogP) is 3.24. The first kappa shape index (κ1) is 31.3. The van der Waals surface area contributed by atoms with Crippen molar-refractivity contribution in [3.63, 3.8) is 0 Å². The molecule has 2 aromatic carbocycles. The molecule has 0 bridgehead atoms. The largest absolute Gasteiger partial charge is 0.416 e. The molecule has 3 heterocycles. The molecule has 0 aliphatic carbocycles. The molecule has 1 fully saturated rings. The van der Waals surface area contributed by atoms with E-state index < -0.39 is 87.0 Å². The number of aromatic nitrogens is 2. The van der Waals surface area contributed by atoms with E-state index in [1.165, 1.54) is 13.1 Å². The van der Waals surface area contributed by atoms with Crippen molar-refractivity contribution < 1.29 is 44.8 Å². The van der Waals surface area contributed by atoms with E-state index in [9.17, 15) is 44.8 Å². The van der Waals surface area contributed by atoms with Gasteiger partial charge in [0.15, 0.2) is 5.82 Å². The number of rotatable bonds is 6. The number of nitrogens with zero attached hydrogens (tertiary/aromatic N) is 3. The molecular weight excluding hydrogens is 639 g/mol. The van der Waals surface area contributed by atoms with Crippen molar-refractivity contribution in [2.24, 2.45) is 0 Å². The van der Waals surface area contributed by atoms with Crippen LogP contribution in [0.4, 0.5) is 27.8 Å². The molecular formula is C26H22ClF5N6O5S. The van der Waals surface area contributed by atoms with Gasteiger partial charge in [-0.05, 0) is 42.8 Å². The van der Waals surface area contributed by atoms with Crippen LogP contribution >= 0.6 is 11.6 Å². The molecule has 3 N–H and O–H groups in total. The monoisotopic (exact) mass is 660 g/mol. The van der Waals surface area contributed by atoms with Crippen LogP contribution in [0.3, 0.4) is 0 Å². The van der Waals surface area contributed by atoms with E-state index in [1.807, 2.05) is 0 Å². The highest BCUT2D eigenvalue weighted by atomic mass is 35.5. The minimum absolute atomic E-state index is 0.0440. The van der Waals surface area contributed by atoms with Crippen LogP contribution in [-0.4, -0.2) is 65.9 Å². The summed E-state index contributed by atoms with van der Waals surface area (Å²) >= 11 is 6.33. The van der Waals surface area contributed by atoms with Gasteiger partial charge in [-0.15, -0.1) is 0 Å². The second-order valence-electron chi connectivity index (χ2n) is 9.95. The minimum Gasteiger partial charge on any atom is -0.352 e. The van der Waals surface area contributed by atoms with Gasteiger partial charge in [-0.25, -0.2) is 22.2 Å². The third kappa shape index (κ3) is 5.86. The molecule has 234 valence electrons. The molecule has 3 aromatic rings. The first-order valence-corrected chi connectivity index (χ1v) is 14.9. The van der Waals surface area contributed by atoms with Crippen molar-refractivity contribution in [2.75, 3.05) is 31.2 Å². The Labute approximate surface area is 251 Å². The molecule has 11 nitrogen and oxygen atoms in total. The maximum atomic E-state index is 14.4. The molecule has 1 saturated heterocycles. The zero-order valence-electron chi connectivity index (χ0n) is 22.5. The summed E-state index contributed by atoms with van der Waals surface area (Å²) in [6, 6.07) is 1.54. The molecule has 44 heavy (non-hydrogen) atoms. The van der Waals surface area contributed by atoms with E-state index in [0.29, 0.717) is 12.1 Å². The number of hydrogen-bond acceptors (Lipinski definition) is 6. The number of hydrogen-bond donors (Lipinski definition) is 3. The highest BCUT2D eigenvalue weighted by Gasteiger charge is 2.44. The third-order valence-corrected chi connectivity index (χ3v) is 9.39. The fourth-order valence-corrected chi connectivity index (χ4v) is 6.86. The van der Waals surface area contributed by atoms with Gasteiger partial charge in [0, 0.05) is 36.3 Å². The Bertz CT molecular complexity index is 1800. The zero-order valence-corrected chi connectivity index (χ0v) is 24.1. The SMILES string of the molecule is CNC(=O)c1nc(NC(=O)c2cc(F)cc(C(F)(F)F)c2)c2n1C(CN1CCCS1(=O)=O)C(=O)NC2c1cc(F)ccc1Cl. The predicted molar refractivity (Wildman–Crippen MR) is 145 cm³/mol. The number of benzene rings is 2. The number of amides is 3. The highest BCUT2D eigenvalue weighted by molar-refractivity contribution is 7.89. The highest BCUT2D eigenvalue weighted by Crippen LogP contribution is 2.40. The maximum absolute atomic E-state index is 14.4. The fourth-order valence-electron chi connectivity index (χ4n) is 5.10. The lowest BCUT2D eigenvalue weighted by molar-refractivity contribution is -0.137. The van der Waals surface area contributed by atoms with Gasteiger partial charge in [0.1, 0.15) is 17.7 Å². The van der Waals surface area contributed by atoms with Crippen molar-refractivity contribution in [1.29, 1.82) is 0 Å². The van der Waals surface area contributed by atoms with Gasteiger partial charge in [0.25, 0.3) is 11.8 Å². The molecule has 18 heteroatoms. The Morgan fingerprint density at radius 1 is 1.11 bits per heavy atom. The number of carbonyl (C=O) groups is 3. The van der Waals surface area contributed by atoms with E-state index in [0.717, 1.165) is 21.0 Å². The smallest absolute Gasteiger partial charge is 0.352 e. The lowest BCUT2D eigenvalue weighted by atomic mass is 9.98. The number of nitrogens with one attached hydrogen (secondary N) is 3. The summed E-state index contributed by atoms with van der Waals surface area (Å²) < 4.78 is 95.7. The molecule has 2 aliphatic heterocycles. The Morgan fingerprint density at radius 2 is 1.84 bits per heavy atom. The van der Waals surface area contributed by atoms with Crippen LogP contribution in [0.1, 0.15) is 56.3 Å². The van der Waals surface area contributed by atoms with Gasteiger partial charge in [-0.2, -0.15) is 17.5 Å². The molecule has 0 saturated carbocycles. The number of imidazole rings is 1. The number of carbonyl (C=O) groups excluding carboxylic acids is 3. The number of sulfonamides is 1. The molecule has 3 amide bonds. The lowest BCUT2D eigenvalue weighted by Crippen LogP contribution is -2.48. The summed E-state index contributed by atoms with van der Waals surface area (Å²) in [6.45, 7) is -0.368. The average molecular weight is 661 g/mol. The molecule has 1 aromatic heterocycles. The first-order valence-electron chi connectivity index (χ1n) is 12.9. The fraction of sp³-hybridized carbons (Fsp3) is 0.308. The number of alkyl halides is 3. The van der Waals surface area contributed by atoms with Crippen LogP contribution in [0.25, 0.3) is 0 Å². The maximum Gasteiger partial charge on any atom is 0.416 e. The van der Waals surface area contributed by atoms with Crippen LogP contribution in [0.5, 0.6) is 0 Å². The van der Waals surface area contributed by atoms with Crippen LogP contribution < -0.4 is 16.0 Å². The summed E-state index contributed by atoms with van der Waals surface area (Å²) in [6.07, 6.45) is -4.70. The Hall–Kier alpha value is -4.09. The second-order valence-corrected chi connectivity index (χ2v) is 12.4. The van der Waals surface area contributed by atoms with Gasteiger partial charge >= 0.3 is 6.18 Å². The number of fused-ring (bicyclic) bond motifs is 1. The van der Waals surface area contributed by atoms with E-state index in [2.05, 4.69) is 20.9 Å². The van der Waals surface area contributed by atoms with Crippen molar-refractivity contribution in [1.82, 2.24) is 24.5 Å². The van der Waals surface area contributed by atoms with Crippen molar-refractivity contribution in [3.05, 3.63) is 81.3 Å². The van der Waals surface area contributed by atoms with Gasteiger partial charge in [0.2, 0.25) is 21.8 Å². The standard InChI is InChI=1S/C26H22ClF5N6O5S/c1-33-25(41)22-35-21(36-23(39)12-7-13(26(30,31)32)9-15(29)8-12)20-19(16-10-14(28)3-4-17(16)27)34-24(40)18(38(20)22)11-37-5-2-6-44(37,42)43/h3-4,7-10,18-19H,2,5-6,11H2,1H3,(H,33,41)(H,34,40)(H,36,39). The summed E-state index contributed by atoms with van der Waals surface area (Å²) in [5, 5.41) is 7.14. The van der Waals surface area contributed by atoms with E-state index in [-0.39, 0.29) is 41.1 Å². The zero-order chi connectivity index (χ0) is 32.1. The summed E-state index contributed by atoms with van der Waals surface area (Å²) in [5.41, 5.74) is -2.40. The van der Waals surface area contributed by atoms with Crippen molar-refractivity contribution >= 4 is 45.2 Å². The number of anilines is 1. The molecule has 0 spiro atoms. The quantitative estimate of drug-likeness (QED) is 0.347. The topological polar surface area (TPSA) is 142 Å². The normalized spacial score (nSPS) is 19.8. The van der Waals surface area contributed by atoms with Gasteiger partial charge in [-0.3, -0.25) is 14.4 Å². The first-order chi connectivity index (χ1) is 20.6. The van der Waals surface area contributed by atoms with Gasteiger partial charge in [-0.1, -0.05) is 11.6 Å². The summed E-state index contributed by atoms with van der Waals surface area (Å²) in [7, 11) is -2.51. The minimum atomic E-state index is -4.98. The molecule has 2 atom stereocenters.